The van der Waals surface area contributed by atoms with Gasteiger partial charge < -0.3 is 14.9 Å². The largest absolute Gasteiger partial charge is 0.508 e. The maximum atomic E-state index is 12.8. The number of piperidine rings is 1. The highest BCUT2D eigenvalue weighted by Crippen LogP contribution is 2.42. The first-order valence-corrected chi connectivity index (χ1v) is 12.2. The van der Waals surface area contributed by atoms with Crippen molar-refractivity contribution in [1.29, 1.82) is 0 Å². The Hall–Kier alpha value is -3.53. The molecule has 0 unspecified atom stereocenters. The summed E-state index contributed by atoms with van der Waals surface area (Å²) in [6, 6.07) is 26.1. The lowest BCUT2D eigenvalue weighted by Crippen LogP contribution is -2.41. The number of nitrogens with zero attached hydrogens (tertiary/aromatic N) is 2. The van der Waals surface area contributed by atoms with E-state index >= 15 is 0 Å². The van der Waals surface area contributed by atoms with Crippen LogP contribution in [0.2, 0.25) is 0 Å². The minimum absolute atomic E-state index is 0.0730. The van der Waals surface area contributed by atoms with Gasteiger partial charge in [0.1, 0.15) is 5.75 Å². The summed E-state index contributed by atoms with van der Waals surface area (Å²) in [6.45, 7) is 7.25. The van der Waals surface area contributed by atoms with Crippen molar-refractivity contribution in [2.24, 2.45) is 0 Å². The molecule has 4 rings (SSSR count). The van der Waals surface area contributed by atoms with E-state index in [9.17, 15) is 9.90 Å². The predicted molar refractivity (Wildman–Crippen MR) is 139 cm³/mol. The van der Waals surface area contributed by atoms with Crippen molar-refractivity contribution in [2.45, 2.75) is 32.1 Å². The highest BCUT2D eigenvalue weighted by atomic mass is 16.3. The van der Waals surface area contributed by atoms with Crippen molar-refractivity contribution in [3.8, 4) is 5.75 Å². The van der Waals surface area contributed by atoms with Crippen molar-refractivity contribution in [1.82, 2.24) is 9.80 Å². The molecule has 1 aliphatic rings. The summed E-state index contributed by atoms with van der Waals surface area (Å²) in [5.74, 6) is 0.362. The van der Waals surface area contributed by atoms with Gasteiger partial charge in [-0.15, -0.1) is 0 Å². The fraction of sp³-hybridized carbons (Fsp3) is 0.300. The van der Waals surface area contributed by atoms with Crippen LogP contribution in [0.15, 0.2) is 85.1 Å². The average molecular weight is 455 g/mol. The van der Waals surface area contributed by atoms with E-state index in [1.165, 1.54) is 11.1 Å². The zero-order chi connectivity index (χ0) is 24.0. The van der Waals surface area contributed by atoms with Crippen LogP contribution < -0.4 is 0 Å². The van der Waals surface area contributed by atoms with Crippen LogP contribution in [-0.2, 0) is 5.41 Å². The summed E-state index contributed by atoms with van der Waals surface area (Å²) in [6.07, 6.45) is 6.21. The van der Waals surface area contributed by atoms with Crippen molar-refractivity contribution in [3.63, 3.8) is 0 Å². The molecule has 1 N–H and O–H groups in total. The van der Waals surface area contributed by atoms with Gasteiger partial charge in [-0.05, 0) is 79.9 Å². The molecular weight excluding hydrogens is 420 g/mol. The molecule has 0 aromatic heterocycles. The number of phenols is 1. The first-order valence-electron chi connectivity index (χ1n) is 12.2. The number of aromatic hydroxyl groups is 1. The molecule has 1 heterocycles. The molecular formula is C30H34N2O2. The molecule has 0 aliphatic carbocycles. The number of benzene rings is 3. The number of hydrogen-bond acceptors (Lipinski definition) is 3. The highest BCUT2D eigenvalue weighted by Gasteiger charge is 2.37. The van der Waals surface area contributed by atoms with Crippen LogP contribution in [0.1, 0.15) is 53.7 Å². The van der Waals surface area contributed by atoms with Gasteiger partial charge in [0, 0.05) is 37.2 Å². The number of carbonyl (C=O) groups is 1. The van der Waals surface area contributed by atoms with Crippen LogP contribution in [0, 0.1) is 0 Å². The van der Waals surface area contributed by atoms with E-state index in [1.54, 1.807) is 6.07 Å². The second-order valence-electron chi connectivity index (χ2n) is 8.95. The third-order valence-corrected chi connectivity index (χ3v) is 7.06. The SMILES string of the molecule is CCN(CC)C(=O)c1ccc(C2(c3cccc(O)c3)CCN(C=Cc3ccccc3)CC2)cc1. The quantitative estimate of drug-likeness (QED) is 0.481. The van der Waals surface area contributed by atoms with Gasteiger partial charge in [-0.25, -0.2) is 0 Å². The van der Waals surface area contributed by atoms with Crippen molar-refractivity contribution in [2.75, 3.05) is 26.2 Å². The first-order chi connectivity index (χ1) is 16.6. The van der Waals surface area contributed by atoms with Crippen LogP contribution in [0.5, 0.6) is 5.75 Å². The molecule has 0 bridgehead atoms. The number of amides is 1. The minimum atomic E-state index is -0.202. The lowest BCUT2D eigenvalue weighted by Gasteiger charge is -2.42. The Labute approximate surface area is 203 Å². The fourth-order valence-corrected chi connectivity index (χ4v) is 4.98. The summed E-state index contributed by atoms with van der Waals surface area (Å²) in [4.78, 5) is 17.0. The van der Waals surface area contributed by atoms with Crippen molar-refractivity contribution < 1.29 is 9.90 Å². The van der Waals surface area contributed by atoms with E-state index in [1.807, 2.05) is 49.1 Å². The van der Waals surface area contributed by atoms with E-state index in [0.717, 1.165) is 37.1 Å². The van der Waals surface area contributed by atoms with Crippen LogP contribution in [-0.4, -0.2) is 47.0 Å². The van der Waals surface area contributed by atoms with Crippen LogP contribution in [0.4, 0.5) is 0 Å². The molecule has 1 aliphatic heterocycles. The normalized spacial score (nSPS) is 15.4. The Balaban J connectivity index is 1.60. The number of rotatable bonds is 7. The van der Waals surface area contributed by atoms with Crippen LogP contribution in [0.3, 0.4) is 0 Å². The molecule has 0 radical (unpaired) electrons. The molecule has 34 heavy (non-hydrogen) atoms. The highest BCUT2D eigenvalue weighted by molar-refractivity contribution is 5.94. The molecule has 1 saturated heterocycles. The smallest absolute Gasteiger partial charge is 0.253 e. The Bertz CT molecular complexity index is 1110. The van der Waals surface area contributed by atoms with E-state index in [4.69, 9.17) is 0 Å². The summed E-state index contributed by atoms with van der Waals surface area (Å²) in [5.41, 5.74) is 4.04. The third kappa shape index (κ3) is 5.01. The van der Waals surface area contributed by atoms with Crippen LogP contribution >= 0.6 is 0 Å². The van der Waals surface area contributed by atoms with Gasteiger partial charge in [-0.3, -0.25) is 4.79 Å². The molecule has 4 heteroatoms. The van der Waals surface area contributed by atoms with Crippen molar-refractivity contribution in [3.05, 3.63) is 107 Å². The summed E-state index contributed by atoms with van der Waals surface area (Å²) in [7, 11) is 0. The zero-order valence-electron chi connectivity index (χ0n) is 20.2. The van der Waals surface area contributed by atoms with E-state index in [-0.39, 0.29) is 17.1 Å². The van der Waals surface area contributed by atoms with Crippen molar-refractivity contribution >= 4 is 12.0 Å². The minimum Gasteiger partial charge on any atom is -0.508 e. The number of carbonyl (C=O) groups excluding carboxylic acids is 1. The maximum absolute atomic E-state index is 12.8. The summed E-state index contributed by atoms with van der Waals surface area (Å²) >= 11 is 0. The van der Waals surface area contributed by atoms with E-state index in [2.05, 4.69) is 59.6 Å². The summed E-state index contributed by atoms with van der Waals surface area (Å²) < 4.78 is 0. The second kappa shape index (κ2) is 10.6. The molecule has 1 fully saturated rings. The van der Waals surface area contributed by atoms with E-state index in [0.29, 0.717) is 13.1 Å². The topological polar surface area (TPSA) is 43.8 Å². The average Bonchev–Trinajstić information content (AvgIpc) is 2.89. The van der Waals surface area contributed by atoms with E-state index < -0.39 is 0 Å². The van der Waals surface area contributed by atoms with Gasteiger partial charge in [0.2, 0.25) is 0 Å². The standard InChI is InChI=1S/C30H34N2O2/c1-3-32(4-2)29(34)25-13-15-26(16-14-25)30(27-11-8-12-28(33)23-27)18-21-31(22-19-30)20-17-24-9-6-5-7-10-24/h5-17,20,23,33H,3-4,18-19,21-22H2,1-2H3. The van der Waals surface area contributed by atoms with Gasteiger partial charge in [-0.1, -0.05) is 54.6 Å². The fourth-order valence-electron chi connectivity index (χ4n) is 4.98. The predicted octanol–water partition coefficient (Wildman–Crippen LogP) is 5.93. The molecule has 176 valence electrons. The monoisotopic (exact) mass is 454 g/mol. The summed E-state index contributed by atoms with van der Waals surface area (Å²) in [5, 5.41) is 10.2. The molecule has 0 atom stereocenters. The number of phenolic OH excluding ortho intramolecular Hbond substituents is 1. The second-order valence-corrected chi connectivity index (χ2v) is 8.95. The lowest BCUT2D eigenvalue weighted by atomic mass is 9.68. The Kier molecular flexibility index (Phi) is 7.36. The molecule has 3 aromatic carbocycles. The van der Waals surface area contributed by atoms with Crippen LogP contribution in [0.25, 0.3) is 6.08 Å². The van der Waals surface area contributed by atoms with Gasteiger partial charge in [-0.2, -0.15) is 0 Å². The molecule has 0 spiro atoms. The molecule has 4 nitrogen and oxygen atoms in total. The Morgan fingerprint density at radius 3 is 2.21 bits per heavy atom. The number of hydrogen-bond donors (Lipinski definition) is 1. The zero-order valence-corrected chi connectivity index (χ0v) is 20.2. The van der Waals surface area contributed by atoms with Gasteiger partial charge >= 0.3 is 0 Å². The Morgan fingerprint density at radius 2 is 1.59 bits per heavy atom. The number of likely N-dealkylation sites (tertiary alicyclic amines) is 1. The third-order valence-electron chi connectivity index (χ3n) is 7.06. The van der Waals surface area contributed by atoms with Gasteiger partial charge in [0.15, 0.2) is 0 Å². The maximum Gasteiger partial charge on any atom is 0.253 e. The van der Waals surface area contributed by atoms with Gasteiger partial charge in [0.25, 0.3) is 5.91 Å². The molecule has 0 saturated carbocycles. The lowest BCUT2D eigenvalue weighted by molar-refractivity contribution is 0.0773. The Morgan fingerprint density at radius 1 is 0.912 bits per heavy atom. The first kappa shape index (κ1) is 23.6. The molecule has 1 amide bonds. The molecule has 3 aromatic rings. The van der Waals surface area contributed by atoms with Gasteiger partial charge in [0.05, 0.1) is 0 Å².